The molecule has 0 radical (unpaired) electrons. The molecule has 0 fully saturated rings. The molecule has 3 heteroatoms. The van der Waals surface area contributed by atoms with Gasteiger partial charge in [0.2, 0.25) is 0 Å². The Labute approximate surface area is 124 Å². The first kappa shape index (κ1) is 17.1. The normalized spacial score (nSPS) is 13.2. The molecule has 3 nitrogen and oxygen atoms in total. The molecule has 0 bridgehead atoms. The zero-order valence-corrected chi connectivity index (χ0v) is 13.5. The molecule has 0 spiro atoms. The summed E-state index contributed by atoms with van der Waals surface area (Å²) in [5.74, 6) is 0.611. The number of likely N-dealkylation sites (N-methyl/N-ethyl adjacent to an activating group) is 1. The van der Waals surface area contributed by atoms with E-state index in [2.05, 4.69) is 61.8 Å². The molecule has 1 aromatic rings. The van der Waals surface area contributed by atoms with Crippen LogP contribution in [0.15, 0.2) is 24.5 Å². The van der Waals surface area contributed by atoms with Gasteiger partial charge >= 0.3 is 0 Å². The number of hydrogen-bond acceptors (Lipinski definition) is 2. The minimum atomic E-state index is 0.233. The monoisotopic (exact) mass is 279 g/mol. The number of rotatable bonds is 9. The largest absolute Gasteiger partial charge is 0.395 e. The second-order valence-corrected chi connectivity index (χ2v) is 6.18. The fourth-order valence-electron chi connectivity index (χ4n) is 2.50. The number of pyridine rings is 1. The summed E-state index contributed by atoms with van der Waals surface area (Å²) >= 11 is 0. The van der Waals surface area contributed by atoms with Crippen LogP contribution in [0.3, 0.4) is 0 Å². The van der Waals surface area contributed by atoms with E-state index < -0.39 is 0 Å². The van der Waals surface area contributed by atoms with E-state index in [1.165, 1.54) is 18.4 Å². The van der Waals surface area contributed by atoms with Crippen LogP contribution in [0.1, 0.15) is 45.6 Å². The molecule has 0 unspecified atom stereocenters. The predicted octanol–water partition coefficient (Wildman–Crippen LogP) is 2.61. The van der Waals surface area contributed by atoms with Crippen LogP contribution in [0.2, 0.25) is 0 Å². The highest BCUT2D eigenvalue weighted by Crippen LogP contribution is 2.12. The van der Waals surface area contributed by atoms with Crippen LogP contribution in [0.4, 0.5) is 0 Å². The van der Waals surface area contributed by atoms with Gasteiger partial charge in [-0.1, -0.05) is 27.2 Å². The maximum atomic E-state index is 9.55. The number of nitrogens with zero attached hydrogens (tertiary/aromatic N) is 2. The van der Waals surface area contributed by atoms with Crippen molar-refractivity contribution in [2.45, 2.75) is 59.2 Å². The maximum absolute atomic E-state index is 9.55. The Morgan fingerprint density at radius 3 is 2.70 bits per heavy atom. The third-order valence-corrected chi connectivity index (χ3v) is 3.70. The molecule has 1 atom stereocenters. The van der Waals surface area contributed by atoms with Gasteiger partial charge in [0.1, 0.15) is 6.54 Å². The van der Waals surface area contributed by atoms with E-state index in [1.54, 1.807) is 0 Å². The van der Waals surface area contributed by atoms with Gasteiger partial charge in [0, 0.05) is 30.6 Å². The van der Waals surface area contributed by atoms with Crippen molar-refractivity contribution in [1.29, 1.82) is 0 Å². The molecule has 0 amide bonds. The lowest BCUT2D eigenvalue weighted by Crippen LogP contribution is -2.37. The van der Waals surface area contributed by atoms with Crippen molar-refractivity contribution in [3.8, 4) is 0 Å². The molecular formula is C17H31N2O+. The van der Waals surface area contributed by atoms with Crippen LogP contribution < -0.4 is 4.57 Å². The molecule has 20 heavy (non-hydrogen) atoms. The van der Waals surface area contributed by atoms with Gasteiger partial charge in [-0.2, -0.15) is 0 Å². The van der Waals surface area contributed by atoms with Crippen LogP contribution in [0.5, 0.6) is 0 Å². The van der Waals surface area contributed by atoms with Gasteiger partial charge in [-0.05, 0) is 25.5 Å². The van der Waals surface area contributed by atoms with Crippen molar-refractivity contribution in [1.82, 2.24) is 4.90 Å². The maximum Gasteiger partial charge on any atom is 0.173 e. The molecule has 1 rings (SSSR count). The van der Waals surface area contributed by atoms with Gasteiger partial charge in [-0.3, -0.25) is 4.90 Å². The van der Waals surface area contributed by atoms with E-state index in [4.69, 9.17) is 0 Å². The molecule has 0 saturated carbocycles. The van der Waals surface area contributed by atoms with Crippen LogP contribution in [-0.2, 0) is 13.1 Å². The molecule has 0 aromatic carbocycles. The molecule has 0 saturated heterocycles. The predicted molar refractivity (Wildman–Crippen MR) is 83.3 cm³/mol. The summed E-state index contributed by atoms with van der Waals surface area (Å²) in [4.78, 5) is 2.26. The lowest BCUT2D eigenvalue weighted by molar-refractivity contribution is -0.697. The molecule has 0 aliphatic carbocycles. The van der Waals surface area contributed by atoms with Gasteiger partial charge in [0.25, 0.3) is 0 Å². The second kappa shape index (κ2) is 9.09. The summed E-state index contributed by atoms with van der Waals surface area (Å²) in [6.07, 6.45) is 7.84. The number of aryl methyl sites for hydroxylation is 1. The number of aliphatic hydroxyl groups excluding tert-OH is 1. The lowest BCUT2D eigenvalue weighted by Gasteiger charge is -2.27. The molecular weight excluding hydrogens is 248 g/mol. The van der Waals surface area contributed by atoms with Gasteiger partial charge in [-0.25, -0.2) is 4.57 Å². The highest BCUT2D eigenvalue weighted by molar-refractivity contribution is 5.05. The first-order chi connectivity index (χ1) is 9.56. The Hall–Kier alpha value is -0.930. The Bertz CT molecular complexity index is 379. The van der Waals surface area contributed by atoms with Crippen LogP contribution in [0, 0.1) is 5.92 Å². The Morgan fingerprint density at radius 1 is 1.35 bits per heavy atom. The van der Waals surface area contributed by atoms with Gasteiger partial charge < -0.3 is 5.11 Å². The summed E-state index contributed by atoms with van der Waals surface area (Å²) in [6, 6.07) is 4.54. The van der Waals surface area contributed by atoms with Crippen molar-refractivity contribution in [3.05, 3.63) is 30.1 Å². The van der Waals surface area contributed by atoms with Crippen molar-refractivity contribution >= 4 is 0 Å². The topological polar surface area (TPSA) is 27.4 Å². The Balaban J connectivity index is 2.61. The highest BCUT2D eigenvalue weighted by atomic mass is 16.3. The highest BCUT2D eigenvalue weighted by Gasteiger charge is 2.16. The van der Waals surface area contributed by atoms with Crippen LogP contribution >= 0.6 is 0 Å². The number of aliphatic hydroxyl groups is 1. The van der Waals surface area contributed by atoms with Crippen molar-refractivity contribution in [3.63, 3.8) is 0 Å². The average Bonchev–Trinajstić information content (AvgIpc) is 2.42. The second-order valence-electron chi connectivity index (χ2n) is 6.18. The van der Waals surface area contributed by atoms with E-state index in [1.807, 2.05) is 0 Å². The minimum Gasteiger partial charge on any atom is -0.395 e. The van der Waals surface area contributed by atoms with Crippen molar-refractivity contribution < 1.29 is 9.67 Å². The smallest absolute Gasteiger partial charge is 0.173 e. The van der Waals surface area contributed by atoms with Crippen LogP contribution in [0.25, 0.3) is 0 Å². The van der Waals surface area contributed by atoms with Gasteiger partial charge in [-0.15, -0.1) is 0 Å². The molecule has 114 valence electrons. The van der Waals surface area contributed by atoms with Crippen molar-refractivity contribution in [2.24, 2.45) is 5.92 Å². The molecule has 0 aliphatic heterocycles. The van der Waals surface area contributed by atoms with E-state index in [0.717, 1.165) is 19.5 Å². The summed E-state index contributed by atoms with van der Waals surface area (Å²) in [7, 11) is 2.10. The summed E-state index contributed by atoms with van der Waals surface area (Å²) in [5.41, 5.74) is 1.31. The average molecular weight is 279 g/mol. The SMILES string of the molecule is CCCC[n+]1cccc(CN(C)[C@H](CO)CC(C)C)c1. The minimum absolute atomic E-state index is 0.233. The first-order valence-electron chi connectivity index (χ1n) is 7.85. The Kier molecular flexibility index (Phi) is 7.78. The standard InChI is InChI=1S/C17H31N2O/c1-5-6-9-19-10-7-8-16(13-19)12-18(4)17(14-20)11-15(2)3/h7-8,10,13,15,17,20H,5-6,9,11-12,14H2,1-4H3/q+1/t17-/m0/s1. The summed E-state index contributed by atoms with van der Waals surface area (Å²) < 4.78 is 2.27. The summed E-state index contributed by atoms with van der Waals surface area (Å²) in [5, 5.41) is 9.55. The number of aromatic nitrogens is 1. The van der Waals surface area contributed by atoms with E-state index in [0.29, 0.717) is 5.92 Å². The van der Waals surface area contributed by atoms with Crippen molar-refractivity contribution in [2.75, 3.05) is 13.7 Å². The summed E-state index contributed by atoms with van der Waals surface area (Å²) in [6.45, 7) is 8.84. The van der Waals surface area contributed by atoms with Crippen LogP contribution in [-0.4, -0.2) is 29.7 Å². The number of unbranched alkanes of at least 4 members (excludes halogenated alkanes) is 1. The fraction of sp³-hybridized carbons (Fsp3) is 0.706. The van der Waals surface area contributed by atoms with Gasteiger partial charge in [0.05, 0.1) is 6.61 Å². The molecule has 1 aromatic heterocycles. The number of hydrogen-bond donors (Lipinski definition) is 1. The third-order valence-electron chi connectivity index (χ3n) is 3.70. The van der Waals surface area contributed by atoms with E-state index in [-0.39, 0.29) is 12.6 Å². The Morgan fingerprint density at radius 2 is 2.10 bits per heavy atom. The lowest BCUT2D eigenvalue weighted by atomic mass is 10.0. The third kappa shape index (κ3) is 6.02. The van der Waals surface area contributed by atoms with E-state index in [9.17, 15) is 5.11 Å². The molecule has 0 aliphatic rings. The molecule has 1 heterocycles. The molecule has 1 N–H and O–H groups in total. The van der Waals surface area contributed by atoms with Gasteiger partial charge in [0.15, 0.2) is 12.4 Å². The zero-order valence-electron chi connectivity index (χ0n) is 13.5. The first-order valence-corrected chi connectivity index (χ1v) is 7.85. The van der Waals surface area contributed by atoms with E-state index >= 15 is 0 Å². The quantitative estimate of drug-likeness (QED) is 0.704. The fourth-order valence-corrected chi connectivity index (χ4v) is 2.50. The zero-order chi connectivity index (χ0) is 15.0.